The maximum Gasteiger partial charge on any atom is 0.120 e. The quantitative estimate of drug-likeness (QED) is 0.771. The smallest absolute Gasteiger partial charge is 0.120 e. The number of hydrogen-bond donors (Lipinski definition) is 1. The van der Waals surface area contributed by atoms with Crippen LogP contribution in [-0.2, 0) is 0 Å². The number of halogens is 1. The zero-order chi connectivity index (χ0) is 9.84. The summed E-state index contributed by atoms with van der Waals surface area (Å²) in [5, 5.41) is 9.36. The molecular weight excluding hydrogens is 169 g/mol. The van der Waals surface area contributed by atoms with Gasteiger partial charge in [-0.05, 0) is 6.07 Å². The molecule has 0 aromatic heterocycles. The van der Waals surface area contributed by atoms with Crippen LogP contribution in [0.25, 0.3) is 0 Å². The van der Waals surface area contributed by atoms with Crippen molar-refractivity contribution >= 4 is 5.69 Å². The van der Waals surface area contributed by atoms with Crippen molar-refractivity contribution in [2.45, 2.75) is 6.10 Å². The first-order chi connectivity index (χ1) is 6.16. The van der Waals surface area contributed by atoms with Crippen LogP contribution >= 0.6 is 0 Å². The first-order valence-electron chi connectivity index (χ1n) is 4.17. The van der Waals surface area contributed by atoms with E-state index in [1.165, 1.54) is 0 Å². The second-order valence-electron chi connectivity index (χ2n) is 3.12. The van der Waals surface area contributed by atoms with Gasteiger partial charge in [-0.15, -0.1) is 0 Å². The molecule has 0 bridgehead atoms. The van der Waals surface area contributed by atoms with Gasteiger partial charge in [0.2, 0.25) is 0 Å². The Bertz CT molecular complexity index is 275. The number of alkyl halides is 1. The lowest BCUT2D eigenvalue weighted by Crippen LogP contribution is -2.13. The summed E-state index contributed by atoms with van der Waals surface area (Å²) in [5.74, 6) is 0. The Morgan fingerprint density at radius 2 is 2.00 bits per heavy atom. The average molecular weight is 183 g/mol. The van der Waals surface area contributed by atoms with E-state index >= 15 is 0 Å². The fraction of sp³-hybridized carbons (Fsp3) is 0.400. The van der Waals surface area contributed by atoms with E-state index in [9.17, 15) is 9.50 Å². The number of para-hydroxylation sites is 1. The van der Waals surface area contributed by atoms with Gasteiger partial charge in [0.05, 0.1) is 0 Å². The molecule has 3 heteroatoms. The second-order valence-corrected chi connectivity index (χ2v) is 3.12. The predicted octanol–water partition coefficient (Wildman–Crippen LogP) is 1.76. The van der Waals surface area contributed by atoms with Crippen LogP contribution in [0, 0.1) is 0 Å². The fourth-order valence-corrected chi connectivity index (χ4v) is 1.26. The first-order valence-corrected chi connectivity index (χ1v) is 4.17. The van der Waals surface area contributed by atoms with Crippen LogP contribution in [0.3, 0.4) is 0 Å². The van der Waals surface area contributed by atoms with Gasteiger partial charge in [-0.25, -0.2) is 4.39 Å². The topological polar surface area (TPSA) is 23.5 Å². The van der Waals surface area contributed by atoms with Gasteiger partial charge in [0.15, 0.2) is 0 Å². The lowest BCUT2D eigenvalue weighted by Gasteiger charge is -2.19. The molecule has 72 valence electrons. The highest BCUT2D eigenvalue weighted by atomic mass is 19.1. The number of aliphatic hydroxyl groups is 1. The third kappa shape index (κ3) is 2.18. The van der Waals surface area contributed by atoms with E-state index in [0.29, 0.717) is 5.56 Å². The Labute approximate surface area is 77.6 Å². The highest BCUT2D eigenvalue weighted by Gasteiger charge is 2.11. The summed E-state index contributed by atoms with van der Waals surface area (Å²) < 4.78 is 12.2. The molecule has 0 aliphatic rings. The molecule has 1 N–H and O–H groups in total. The number of aliphatic hydroxyl groups excluding tert-OH is 1. The normalized spacial score (nSPS) is 12.6. The van der Waals surface area contributed by atoms with Gasteiger partial charge in [-0.3, -0.25) is 0 Å². The fourth-order valence-electron chi connectivity index (χ4n) is 1.26. The van der Waals surface area contributed by atoms with Crippen molar-refractivity contribution < 1.29 is 9.50 Å². The molecule has 0 saturated heterocycles. The molecule has 2 nitrogen and oxygen atoms in total. The van der Waals surface area contributed by atoms with E-state index in [1.807, 2.05) is 31.1 Å². The minimum Gasteiger partial charge on any atom is -0.386 e. The molecular formula is C10H14FNO. The van der Waals surface area contributed by atoms with Crippen molar-refractivity contribution in [3.05, 3.63) is 29.8 Å². The summed E-state index contributed by atoms with van der Waals surface area (Å²) in [6, 6.07) is 7.25. The highest BCUT2D eigenvalue weighted by molar-refractivity contribution is 5.53. The average Bonchev–Trinajstić information content (AvgIpc) is 2.16. The van der Waals surface area contributed by atoms with Crippen molar-refractivity contribution in [2.75, 3.05) is 25.7 Å². The first kappa shape index (κ1) is 9.99. The van der Waals surface area contributed by atoms with E-state index in [-0.39, 0.29) is 0 Å². The van der Waals surface area contributed by atoms with E-state index in [2.05, 4.69) is 0 Å². The number of hydrogen-bond acceptors (Lipinski definition) is 2. The minimum atomic E-state index is -1.02. The van der Waals surface area contributed by atoms with Gasteiger partial charge in [-0.1, -0.05) is 18.2 Å². The molecule has 13 heavy (non-hydrogen) atoms. The lowest BCUT2D eigenvalue weighted by molar-refractivity contribution is 0.142. The van der Waals surface area contributed by atoms with E-state index in [1.54, 1.807) is 12.1 Å². The molecule has 0 fully saturated rings. The molecule has 0 aliphatic heterocycles. The van der Waals surface area contributed by atoms with Crippen LogP contribution in [0.5, 0.6) is 0 Å². The zero-order valence-corrected chi connectivity index (χ0v) is 7.87. The van der Waals surface area contributed by atoms with Crippen LogP contribution in [0.4, 0.5) is 10.1 Å². The maximum atomic E-state index is 12.2. The Morgan fingerprint density at radius 1 is 1.38 bits per heavy atom. The molecule has 1 aromatic carbocycles. The Morgan fingerprint density at radius 3 is 2.54 bits per heavy atom. The summed E-state index contributed by atoms with van der Waals surface area (Å²) in [6.07, 6.45) is -1.02. The monoisotopic (exact) mass is 183 g/mol. The van der Waals surface area contributed by atoms with Crippen molar-refractivity contribution in [2.24, 2.45) is 0 Å². The number of nitrogens with zero attached hydrogens (tertiary/aromatic N) is 1. The Hall–Kier alpha value is -1.09. The van der Waals surface area contributed by atoms with E-state index in [0.717, 1.165) is 5.69 Å². The molecule has 0 aliphatic carbocycles. The summed E-state index contributed by atoms with van der Waals surface area (Å²) in [5.41, 5.74) is 1.49. The molecule has 1 unspecified atom stereocenters. The molecule has 0 amide bonds. The Balaban J connectivity index is 3.04. The summed E-state index contributed by atoms with van der Waals surface area (Å²) in [4.78, 5) is 1.86. The van der Waals surface area contributed by atoms with Gasteiger partial charge in [0.25, 0.3) is 0 Å². The van der Waals surface area contributed by atoms with Crippen LogP contribution in [-0.4, -0.2) is 25.9 Å². The Kier molecular flexibility index (Phi) is 3.25. The van der Waals surface area contributed by atoms with E-state index in [4.69, 9.17) is 0 Å². The van der Waals surface area contributed by atoms with Crippen LogP contribution in [0.1, 0.15) is 11.7 Å². The van der Waals surface area contributed by atoms with Crippen molar-refractivity contribution in [3.8, 4) is 0 Å². The van der Waals surface area contributed by atoms with E-state index < -0.39 is 12.8 Å². The molecule has 1 aromatic rings. The van der Waals surface area contributed by atoms with Gasteiger partial charge < -0.3 is 10.0 Å². The molecule has 0 radical (unpaired) electrons. The number of anilines is 1. The zero-order valence-electron chi connectivity index (χ0n) is 7.87. The van der Waals surface area contributed by atoms with Gasteiger partial charge in [0.1, 0.15) is 12.8 Å². The summed E-state index contributed by atoms with van der Waals surface area (Å²) in [7, 11) is 3.73. The maximum absolute atomic E-state index is 12.2. The van der Waals surface area contributed by atoms with Gasteiger partial charge in [-0.2, -0.15) is 0 Å². The molecule has 0 spiro atoms. The van der Waals surface area contributed by atoms with Crippen molar-refractivity contribution in [1.29, 1.82) is 0 Å². The largest absolute Gasteiger partial charge is 0.386 e. The molecule has 1 atom stereocenters. The highest BCUT2D eigenvalue weighted by Crippen LogP contribution is 2.24. The molecule has 0 saturated carbocycles. The number of benzene rings is 1. The van der Waals surface area contributed by atoms with Crippen LogP contribution < -0.4 is 4.90 Å². The lowest BCUT2D eigenvalue weighted by atomic mass is 10.1. The van der Waals surface area contributed by atoms with Gasteiger partial charge >= 0.3 is 0 Å². The third-order valence-corrected chi connectivity index (χ3v) is 1.92. The minimum absolute atomic E-state index is 0.634. The van der Waals surface area contributed by atoms with Crippen molar-refractivity contribution in [3.63, 3.8) is 0 Å². The summed E-state index contributed by atoms with van der Waals surface area (Å²) in [6.45, 7) is -0.745. The predicted molar refractivity (Wildman–Crippen MR) is 51.7 cm³/mol. The number of rotatable bonds is 3. The van der Waals surface area contributed by atoms with Crippen molar-refractivity contribution in [1.82, 2.24) is 0 Å². The standard InChI is InChI=1S/C10H14FNO/c1-12(2)9-6-4-3-5-8(9)10(13)7-11/h3-6,10,13H,7H2,1-2H3. The summed E-state index contributed by atoms with van der Waals surface area (Å²) >= 11 is 0. The van der Waals surface area contributed by atoms with Gasteiger partial charge in [0, 0.05) is 25.3 Å². The van der Waals surface area contributed by atoms with Crippen LogP contribution in [0.2, 0.25) is 0 Å². The third-order valence-electron chi connectivity index (χ3n) is 1.92. The molecule has 1 rings (SSSR count). The van der Waals surface area contributed by atoms with Crippen LogP contribution in [0.15, 0.2) is 24.3 Å². The molecule has 0 heterocycles. The second kappa shape index (κ2) is 4.23. The SMILES string of the molecule is CN(C)c1ccccc1C(O)CF.